The molecule has 1 aromatic rings. The Hall–Kier alpha value is -1.79. The number of anilines is 1. The van der Waals surface area contributed by atoms with E-state index < -0.39 is 12.2 Å². The van der Waals surface area contributed by atoms with Gasteiger partial charge in [0.25, 0.3) is 0 Å². The lowest BCUT2D eigenvalue weighted by Gasteiger charge is -2.13. The number of unbranched alkanes of at least 4 members (excludes halogenated alkanes) is 1. The monoisotopic (exact) mass is 310 g/mol. The molecule has 6 nitrogen and oxygen atoms in total. The standard InChI is InChI=1S/C16H26N2O4/c1-3-5-10-21-16(20)18-13-6-8-15(9-7-13)22-12-14(19)11-17-4-2/h6-9,14,17,19H,3-5,10-12H2,1-2H3,(H,18,20). The zero-order chi connectivity index (χ0) is 16.2. The SMILES string of the molecule is CCCCOC(=O)Nc1ccc(OCC(O)CNCC)cc1. The molecule has 1 atom stereocenters. The third-order valence-corrected chi connectivity index (χ3v) is 2.90. The predicted octanol–water partition coefficient (Wildman–Crippen LogP) is 2.38. The third-order valence-electron chi connectivity index (χ3n) is 2.90. The number of carbonyl (C=O) groups is 1. The Morgan fingerprint density at radius 3 is 2.64 bits per heavy atom. The Morgan fingerprint density at radius 1 is 1.27 bits per heavy atom. The van der Waals surface area contributed by atoms with Crippen molar-refractivity contribution in [2.24, 2.45) is 0 Å². The molecular formula is C16H26N2O4. The highest BCUT2D eigenvalue weighted by molar-refractivity contribution is 5.84. The fourth-order valence-corrected chi connectivity index (χ4v) is 1.66. The van der Waals surface area contributed by atoms with Gasteiger partial charge >= 0.3 is 6.09 Å². The molecule has 0 radical (unpaired) electrons. The topological polar surface area (TPSA) is 79.8 Å². The fourth-order valence-electron chi connectivity index (χ4n) is 1.66. The number of benzene rings is 1. The molecule has 0 spiro atoms. The first-order chi connectivity index (χ1) is 10.7. The minimum Gasteiger partial charge on any atom is -0.491 e. The summed E-state index contributed by atoms with van der Waals surface area (Å²) in [5.74, 6) is 0.639. The molecule has 0 aliphatic carbocycles. The van der Waals surface area contributed by atoms with E-state index in [0.29, 0.717) is 24.6 Å². The van der Waals surface area contributed by atoms with E-state index in [0.717, 1.165) is 19.4 Å². The van der Waals surface area contributed by atoms with Crippen LogP contribution in [0.15, 0.2) is 24.3 Å². The number of ether oxygens (including phenoxy) is 2. The van der Waals surface area contributed by atoms with Crippen molar-refractivity contribution in [3.05, 3.63) is 24.3 Å². The van der Waals surface area contributed by atoms with Crippen LogP contribution in [0.2, 0.25) is 0 Å². The highest BCUT2D eigenvalue weighted by atomic mass is 16.5. The molecule has 0 aromatic heterocycles. The summed E-state index contributed by atoms with van der Waals surface area (Å²) in [6.45, 7) is 5.97. The number of nitrogens with one attached hydrogen (secondary N) is 2. The molecule has 6 heteroatoms. The second kappa shape index (κ2) is 10.9. The molecule has 0 saturated carbocycles. The number of aliphatic hydroxyl groups excluding tert-OH is 1. The Balaban J connectivity index is 2.31. The maximum absolute atomic E-state index is 11.5. The third kappa shape index (κ3) is 7.85. The van der Waals surface area contributed by atoms with Crippen molar-refractivity contribution < 1.29 is 19.4 Å². The van der Waals surface area contributed by atoms with Crippen LogP contribution in [0.3, 0.4) is 0 Å². The van der Waals surface area contributed by atoms with Gasteiger partial charge in [0.2, 0.25) is 0 Å². The number of likely N-dealkylation sites (N-methyl/N-ethyl adjacent to an activating group) is 1. The summed E-state index contributed by atoms with van der Waals surface area (Å²) < 4.78 is 10.5. The summed E-state index contributed by atoms with van der Waals surface area (Å²) >= 11 is 0. The van der Waals surface area contributed by atoms with Gasteiger partial charge in [0.05, 0.1) is 6.61 Å². The van der Waals surface area contributed by atoms with Gasteiger partial charge in [-0.25, -0.2) is 4.79 Å². The Morgan fingerprint density at radius 2 is 2.00 bits per heavy atom. The van der Waals surface area contributed by atoms with Gasteiger partial charge in [-0.1, -0.05) is 20.3 Å². The first-order valence-corrected chi connectivity index (χ1v) is 7.71. The van der Waals surface area contributed by atoms with Crippen LogP contribution < -0.4 is 15.4 Å². The Kier molecular flexibility index (Phi) is 9.02. The number of rotatable bonds is 10. The molecule has 0 fully saturated rings. The molecule has 0 saturated heterocycles. The fraction of sp³-hybridized carbons (Fsp3) is 0.562. The lowest BCUT2D eigenvalue weighted by Crippen LogP contribution is -2.31. The van der Waals surface area contributed by atoms with E-state index in [1.54, 1.807) is 24.3 Å². The van der Waals surface area contributed by atoms with Crippen LogP contribution in [-0.2, 0) is 4.74 Å². The van der Waals surface area contributed by atoms with Gasteiger partial charge in [0.15, 0.2) is 0 Å². The highest BCUT2D eigenvalue weighted by Crippen LogP contribution is 2.16. The summed E-state index contributed by atoms with van der Waals surface area (Å²) in [6.07, 6.45) is 0.837. The second-order valence-electron chi connectivity index (χ2n) is 4.91. The van der Waals surface area contributed by atoms with Crippen LogP contribution in [0.25, 0.3) is 0 Å². The molecule has 1 rings (SSSR count). The van der Waals surface area contributed by atoms with E-state index in [1.807, 2.05) is 13.8 Å². The van der Waals surface area contributed by atoms with Gasteiger partial charge in [0, 0.05) is 12.2 Å². The van der Waals surface area contributed by atoms with Crippen LogP contribution in [0, 0.1) is 0 Å². The van der Waals surface area contributed by atoms with Crippen molar-refractivity contribution in [3.8, 4) is 5.75 Å². The first-order valence-electron chi connectivity index (χ1n) is 7.71. The minimum absolute atomic E-state index is 0.221. The predicted molar refractivity (Wildman–Crippen MR) is 86.4 cm³/mol. The first kappa shape index (κ1) is 18.3. The van der Waals surface area contributed by atoms with Gasteiger partial charge in [0.1, 0.15) is 18.5 Å². The number of carbonyl (C=O) groups excluding carboxylic acids is 1. The average Bonchev–Trinajstić information content (AvgIpc) is 2.52. The number of hydrogen-bond donors (Lipinski definition) is 3. The maximum Gasteiger partial charge on any atom is 0.411 e. The summed E-state index contributed by atoms with van der Waals surface area (Å²) in [6, 6.07) is 6.93. The Labute approximate surface area is 131 Å². The van der Waals surface area contributed by atoms with Crippen LogP contribution >= 0.6 is 0 Å². The van der Waals surface area contributed by atoms with Crippen LogP contribution in [0.1, 0.15) is 26.7 Å². The molecule has 3 N–H and O–H groups in total. The van der Waals surface area contributed by atoms with E-state index in [-0.39, 0.29) is 6.61 Å². The minimum atomic E-state index is -0.550. The molecule has 1 aromatic carbocycles. The van der Waals surface area contributed by atoms with Gasteiger partial charge < -0.3 is 19.9 Å². The van der Waals surface area contributed by atoms with Crippen molar-refractivity contribution in [2.75, 3.05) is 31.6 Å². The van der Waals surface area contributed by atoms with Gasteiger partial charge in [-0.2, -0.15) is 0 Å². The molecule has 124 valence electrons. The number of hydrogen-bond acceptors (Lipinski definition) is 5. The van der Waals surface area contributed by atoms with Crippen molar-refractivity contribution >= 4 is 11.8 Å². The Bertz CT molecular complexity index is 423. The summed E-state index contributed by atoms with van der Waals surface area (Å²) in [7, 11) is 0. The van der Waals surface area contributed by atoms with Crippen molar-refractivity contribution in [1.82, 2.24) is 5.32 Å². The summed E-state index contributed by atoms with van der Waals surface area (Å²) in [5, 5.41) is 15.3. The van der Waals surface area contributed by atoms with E-state index in [4.69, 9.17) is 9.47 Å². The average molecular weight is 310 g/mol. The van der Waals surface area contributed by atoms with E-state index in [2.05, 4.69) is 10.6 Å². The summed E-state index contributed by atoms with van der Waals surface area (Å²) in [5.41, 5.74) is 0.641. The van der Waals surface area contributed by atoms with Crippen molar-refractivity contribution in [1.29, 1.82) is 0 Å². The zero-order valence-electron chi connectivity index (χ0n) is 13.3. The molecule has 0 bridgehead atoms. The molecular weight excluding hydrogens is 284 g/mol. The highest BCUT2D eigenvalue weighted by Gasteiger charge is 2.05. The largest absolute Gasteiger partial charge is 0.491 e. The molecule has 0 heterocycles. The van der Waals surface area contributed by atoms with Crippen LogP contribution in [-0.4, -0.2) is 43.6 Å². The van der Waals surface area contributed by atoms with Crippen molar-refractivity contribution in [3.63, 3.8) is 0 Å². The van der Waals surface area contributed by atoms with Crippen LogP contribution in [0.4, 0.5) is 10.5 Å². The molecule has 0 aliphatic rings. The van der Waals surface area contributed by atoms with E-state index in [1.165, 1.54) is 0 Å². The quantitative estimate of drug-likeness (QED) is 0.578. The molecule has 0 aliphatic heterocycles. The lowest BCUT2D eigenvalue weighted by molar-refractivity contribution is 0.107. The van der Waals surface area contributed by atoms with Gasteiger partial charge in [-0.3, -0.25) is 5.32 Å². The molecule has 1 unspecified atom stereocenters. The smallest absolute Gasteiger partial charge is 0.411 e. The second-order valence-corrected chi connectivity index (χ2v) is 4.91. The maximum atomic E-state index is 11.5. The number of amides is 1. The zero-order valence-corrected chi connectivity index (χ0v) is 13.3. The normalized spacial score (nSPS) is 11.8. The van der Waals surface area contributed by atoms with E-state index >= 15 is 0 Å². The lowest BCUT2D eigenvalue weighted by atomic mass is 10.3. The van der Waals surface area contributed by atoms with Gasteiger partial charge in [-0.05, 0) is 37.2 Å². The van der Waals surface area contributed by atoms with Gasteiger partial charge in [-0.15, -0.1) is 0 Å². The van der Waals surface area contributed by atoms with Crippen molar-refractivity contribution in [2.45, 2.75) is 32.8 Å². The summed E-state index contributed by atoms with van der Waals surface area (Å²) in [4.78, 5) is 11.5. The molecule has 22 heavy (non-hydrogen) atoms. The van der Waals surface area contributed by atoms with Crippen LogP contribution in [0.5, 0.6) is 5.75 Å². The number of aliphatic hydroxyl groups is 1. The molecule has 1 amide bonds. The van der Waals surface area contributed by atoms with E-state index in [9.17, 15) is 9.90 Å².